The van der Waals surface area contributed by atoms with Gasteiger partial charge in [-0.15, -0.1) is 0 Å². The van der Waals surface area contributed by atoms with Crippen molar-refractivity contribution in [3.8, 4) is 6.07 Å². The zero-order valence-electron chi connectivity index (χ0n) is 17.5. The van der Waals surface area contributed by atoms with Gasteiger partial charge < -0.3 is 19.1 Å². The molecule has 31 heavy (non-hydrogen) atoms. The van der Waals surface area contributed by atoms with Crippen LogP contribution in [-0.4, -0.2) is 42.6 Å². The molecule has 1 aromatic carbocycles. The number of pyridine rings is 1. The third kappa shape index (κ3) is 3.28. The van der Waals surface area contributed by atoms with E-state index in [4.69, 9.17) is 9.26 Å². The number of nitrogens with zero attached hydrogens (tertiary/aromatic N) is 5. The van der Waals surface area contributed by atoms with Crippen molar-refractivity contribution in [2.75, 3.05) is 30.5 Å². The fourth-order valence-corrected chi connectivity index (χ4v) is 3.72. The number of rotatable bonds is 4. The molecule has 1 aliphatic rings. The van der Waals surface area contributed by atoms with E-state index in [1.807, 2.05) is 30.3 Å². The van der Waals surface area contributed by atoms with Crippen LogP contribution < -0.4 is 9.80 Å². The number of carbonyl (C=O) groups is 2. The number of hydrogen-bond donors (Lipinski definition) is 0. The first-order valence-electron chi connectivity index (χ1n) is 9.48. The van der Waals surface area contributed by atoms with Gasteiger partial charge in [-0.3, -0.25) is 4.79 Å². The van der Waals surface area contributed by atoms with E-state index in [0.29, 0.717) is 22.6 Å². The molecule has 0 amide bonds. The van der Waals surface area contributed by atoms with Gasteiger partial charge in [-0.25, -0.2) is 9.78 Å². The predicted octanol–water partition coefficient (Wildman–Crippen LogP) is 2.89. The SMILES string of the molecule is Cc1cc(C(=O)OCC(=O)C(C#N)=C2N(C)c3ccccc3N2C)c2c(C)noc2n1. The van der Waals surface area contributed by atoms with Crippen LogP contribution in [0.5, 0.6) is 0 Å². The molecule has 0 saturated heterocycles. The number of esters is 1. The number of aromatic nitrogens is 2. The van der Waals surface area contributed by atoms with Crippen LogP contribution in [0.4, 0.5) is 11.4 Å². The molecule has 3 aromatic rings. The van der Waals surface area contributed by atoms with Crippen molar-refractivity contribution in [1.82, 2.24) is 10.1 Å². The smallest absolute Gasteiger partial charge is 0.339 e. The van der Waals surface area contributed by atoms with Crippen LogP contribution in [0.3, 0.4) is 0 Å². The van der Waals surface area contributed by atoms with Crippen molar-refractivity contribution >= 4 is 34.2 Å². The lowest BCUT2D eigenvalue weighted by molar-refractivity contribution is -0.118. The number of anilines is 2. The number of Topliss-reactive ketones (excluding diaryl/α,β-unsaturated/α-hetero) is 1. The molecule has 0 saturated carbocycles. The second kappa shape index (κ2) is 7.57. The van der Waals surface area contributed by atoms with Gasteiger partial charge >= 0.3 is 5.97 Å². The number of benzene rings is 1. The average Bonchev–Trinajstić information content (AvgIpc) is 3.25. The van der Waals surface area contributed by atoms with Gasteiger partial charge in [-0.05, 0) is 32.0 Å². The maximum Gasteiger partial charge on any atom is 0.339 e. The Balaban J connectivity index is 1.59. The van der Waals surface area contributed by atoms with Gasteiger partial charge in [-0.2, -0.15) is 5.26 Å². The number of para-hydroxylation sites is 2. The molecule has 0 radical (unpaired) electrons. The van der Waals surface area contributed by atoms with Gasteiger partial charge in [0.25, 0.3) is 5.71 Å². The fourth-order valence-electron chi connectivity index (χ4n) is 3.72. The monoisotopic (exact) mass is 417 g/mol. The van der Waals surface area contributed by atoms with Crippen LogP contribution in [0.15, 0.2) is 46.2 Å². The summed E-state index contributed by atoms with van der Waals surface area (Å²) in [6.45, 7) is 2.82. The molecule has 4 rings (SSSR count). The summed E-state index contributed by atoms with van der Waals surface area (Å²) in [6, 6.07) is 11.1. The molecule has 3 heterocycles. The van der Waals surface area contributed by atoms with E-state index in [-0.39, 0.29) is 16.9 Å². The van der Waals surface area contributed by atoms with Crippen molar-refractivity contribution in [2.24, 2.45) is 0 Å². The number of hydrogen-bond acceptors (Lipinski definition) is 9. The zero-order chi connectivity index (χ0) is 22.3. The lowest BCUT2D eigenvalue weighted by Gasteiger charge is -2.19. The Morgan fingerprint density at radius 3 is 2.42 bits per heavy atom. The van der Waals surface area contributed by atoms with Gasteiger partial charge in [0.1, 0.15) is 17.5 Å². The number of aryl methyl sites for hydroxylation is 2. The number of fused-ring (bicyclic) bond motifs is 2. The Labute approximate surface area is 178 Å². The Hall–Kier alpha value is -4.19. The van der Waals surface area contributed by atoms with Gasteiger partial charge in [0.15, 0.2) is 6.61 Å². The van der Waals surface area contributed by atoms with Gasteiger partial charge in [0, 0.05) is 19.8 Å². The van der Waals surface area contributed by atoms with Crippen molar-refractivity contribution in [3.05, 3.63) is 58.7 Å². The first kappa shape index (κ1) is 20.1. The molecule has 0 fully saturated rings. The summed E-state index contributed by atoms with van der Waals surface area (Å²) in [7, 11) is 3.55. The van der Waals surface area contributed by atoms with Crippen LogP contribution in [-0.2, 0) is 9.53 Å². The summed E-state index contributed by atoms with van der Waals surface area (Å²) < 4.78 is 10.4. The van der Waals surface area contributed by atoms with Crippen LogP contribution in [0.2, 0.25) is 0 Å². The minimum Gasteiger partial charge on any atom is -0.454 e. The summed E-state index contributed by atoms with van der Waals surface area (Å²) in [5.74, 6) is -0.878. The predicted molar refractivity (Wildman–Crippen MR) is 112 cm³/mol. The minimum absolute atomic E-state index is 0.0915. The van der Waals surface area contributed by atoms with Gasteiger partial charge in [-0.1, -0.05) is 17.3 Å². The number of ether oxygens (including phenoxy) is 1. The Morgan fingerprint density at radius 2 is 1.81 bits per heavy atom. The highest BCUT2D eigenvalue weighted by Crippen LogP contribution is 2.40. The maximum absolute atomic E-state index is 12.8. The molecule has 1 aliphatic heterocycles. The van der Waals surface area contributed by atoms with Crippen LogP contribution in [0.1, 0.15) is 21.7 Å². The zero-order valence-corrected chi connectivity index (χ0v) is 17.5. The van der Waals surface area contributed by atoms with E-state index in [2.05, 4.69) is 10.1 Å². The summed E-state index contributed by atoms with van der Waals surface area (Å²) in [5, 5.41) is 14.0. The van der Waals surface area contributed by atoms with E-state index in [1.165, 1.54) is 0 Å². The lowest BCUT2D eigenvalue weighted by atomic mass is 10.1. The van der Waals surface area contributed by atoms with E-state index >= 15 is 0 Å². The molecule has 0 N–H and O–H groups in total. The van der Waals surface area contributed by atoms with Crippen LogP contribution >= 0.6 is 0 Å². The fraction of sp³-hybridized carbons (Fsp3) is 0.227. The van der Waals surface area contributed by atoms with Crippen LogP contribution in [0.25, 0.3) is 11.1 Å². The van der Waals surface area contributed by atoms with Crippen molar-refractivity contribution < 1.29 is 18.8 Å². The van der Waals surface area contributed by atoms with E-state index in [1.54, 1.807) is 43.8 Å². The highest BCUT2D eigenvalue weighted by molar-refractivity contribution is 6.07. The normalized spacial score (nSPS) is 12.7. The Morgan fingerprint density at radius 1 is 1.16 bits per heavy atom. The third-order valence-electron chi connectivity index (χ3n) is 5.15. The van der Waals surface area contributed by atoms with Crippen LogP contribution in [0, 0.1) is 25.2 Å². The van der Waals surface area contributed by atoms with E-state index in [9.17, 15) is 14.9 Å². The van der Waals surface area contributed by atoms with E-state index < -0.39 is 18.4 Å². The number of nitriles is 1. The second-order valence-electron chi connectivity index (χ2n) is 7.18. The van der Waals surface area contributed by atoms with E-state index in [0.717, 1.165) is 11.4 Å². The molecule has 2 aromatic heterocycles. The molecule has 156 valence electrons. The molecule has 0 spiro atoms. The third-order valence-corrected chi connectivity index (χ3v) is 5.15. The summed E-state index contributed by atoms with van der Waals surface area (Å²) in [6.07, 6.45) is 0. The Kier molecular flexibility index (Phi) is 4.91. The average molecular weight is 417 g/mol. The highest BCUT2D eigenvalue weighted by atomic mass is 16.5. The van der Waals surface area contributed by atoms with Gasteiger partial charge in [0.05, 0.1) is 28.0 Å². The quantitative estimate of drug-likeness (QED) is 0.359. The number of ketones is 1. The summed E-state index contributed by atoms with van der Waals surface area (Å²) >= 11 is 0. The largest absolute Gasteiger partial charge is 0.454 e. The molecule has 9 nitrogen and oxygen atoms in total. The standard InChI is InChI=1S/C22H19N5O4/c1-12-9-14(19-13(2)25-31-20(19)24-12)22(29)30-11-18(28)15(10-23)21-26(3)16-7-5-6-8-17(16)27(21)4/h5-9H,11H2,1-4H3. The molecule has 0 atom stereocenters. The van der Waals surface area contributed by atoms with Crippen molar-refractivity contribution in [3.63, 3.8) is 0 Å². The first-order valence-corrected chi connectivity index (χ1v) is 9.48. The molecule has 0 unspecified atom stereocenters. The topological polar surface area (TPSA) is 113 Å². The molecule has 0 bridgehead atoms. The van der Waals surface area contributed by atoms with Gasteiger partial charge in [0.2, 0.25) is 5.78 Å². The second-order valence-corrected chi connectivity index (χ2v) is 7.18. The summed E-state index contributed by atoms with van der Waals surface area (Å²) in [4.78, 5) is 33.3. The maximum atomic E-state index is 12.8. The lowest BCUT2D eigenvalue weighted by Crippen LogP contribution is -2.28. The summed E-state index contributed by atoms with van der Waals surface area (Å²) in [5.41, 5.74) is 3.13. The molecule has 9 heteroatoms. The van der Waals surface area contributed by atoms with Crippen molar-refractivity contribution in [1.29, 1.82) is 5.26 Å². The molecular formula is C22H19N5O4. The first-order chi connectivity index (χ1) is 14.8. The number of carbonyl (C=O) groups excluding carboxylic acids is 2. The highest BCUT2D eigenvalue weighted by Gasteiger charge is 2.31. The molecular weight excluding hydrogens is 398 g/mol. The van der Waals surface area contributed by atoms with Crippen molar-refractivity contribution in [2.45, 2.75) is 13.8 Å². The Bertz CT molecular complexity index is 1270. The molecule has 0 aliphatic carbocycles. The minimum atomic E-state index is -0.714.